The molecule has 1 aromatic carbocycles. The van der Waals surface area contributed by atoms with E-state index in [2.05, 4.69) is 18.0 Å². The predicted molar refractivity (Wildman–Crippen MR) is 122 cm³/mol. The predicted octanol–water partition coefficient (Wildman–Crippen LogP) is 5.18. The van der Waals surface area contributed by atoms with Gasteiger partial charge in [-0.1, -0.05) is 26.8 Å². The molecule has 0 atom stereocenters. The standard InChI is InChI=1S/C25H31NO6/c1-4-18(8-7-11-25(31,5-2)6-3)19-12-17(14-26-15-19)16-32-20-9-10-21(23(27)28)22(13-20)24(29)30/h8-10,12-15,31H,4-7,11,16H2,1-3H3,(H,27,28)(H,29,30). The number of aliphatic hydroxyl groups is 1. The highest BCUT2D eigenvalue weighted by Gasteiger charge is 2.21. The van der Waals surface area contributed by atoms with Gasteiger partial charge in [0, 0.05) is 18.0 Å². The Morgan fingerprint density at radius 3 is 2.31 bits per heavy atom. The van der Waals surface area contributed by atoms with Crippen molar-refractivity contribution in [3.63, 3.8) is 0 Å². The number of carbonyl (C=O) groups is 2. The zero-order chi connectivity index (χ0) is 23.7. The minimum absolute atomic E-state index is 0.161. The van der Waals surface area contributed by atoms with Crippen LogP contribution >= 0.6 is 0 Å². The molecule has 2 aromatic rings. The van der Waals surface area contributed by atoms with Crippen LogP contribution in [0.5, 0.6) is 5.75 Å². The van der Waals surface area contributed by atoms with Gasteiger partial charge in [0.1, 0.15) is 12.4 Å². The number of aromatic carboxylic acids is 2. The Morgan fingerprint density at radius 2 is 1.72 bits per heavy atom. The number of pyridine rings is 1. The molecule has 1 heterocycles. The molecule has 3 N–H and O–H groups in total. The molecule has 7 nitrogen and oxygen atoms in total. The van der Waals surface area contributed by atoms with Crippen LogP contribution in [0, 0.1) is 0 Å². The lowest BCUT2D eigenvalue weighted by Crippen LogP contribution is -2.25. The van der Waals surface area contributed by atoms with Crippen molar-refractivity contribution in [1.29, 1.82) is 0 Å². The minimum atomic E-state index is -1.33. The lowest BCUT2D eigenvalue weighted by Gasteiger charge is -2.24. The van der Waals surface area contributed by atoms with Gasteiger partial charge in [0.25, 0.3) is 0 Å². The average Bonchev–Trinajstić information content (AvgIpc) is 2.80. The van der Waals surface area contributed by atoms with Crippen LogP contribution in [0.15, 0.2) is 42.7 Å². The Balaban J connectivity index is 2.12. The summed E-state index contributed by atoms with van der Waals surface area (Å²) in [6.45, 7) is 6.22. The molecule has 0 fully saturated rings. The second kappa shape index (κ2) is 11.4. The van der Waals surface area contributed by atoms with Crippen LogP contribution in [0.3, 0.4) is 0 Å². The lowest BCUT2D eigenvalue weighted by molar-refractivity contribution is 0.0246. The van der Waals surface area contributed by atoms with E-state index in [1.807, 2.05) is 19.9 Å². The highest BCUT2D eigenvalue weighted by atomic mass is 16.5. The molecule has 172 valence electrons. The number of benzene rings is 1. The Hall–Kier alpha value is -3.19. The fourth-order valence-electron chi connectivity index (χ4n) is 3.47. The molecule has 7 heteroatoms. The monoisotopic (exact) mass is 441 g/mol. The van der Waals surface area contributed by atoms with Crippen molar-refractivity contribution >= 4 is 17.5 Å². The Labute approximate surface area is 188 Å². The van der Waals surface area contributed by atoms with E-state index < -0.39 is 17.5 Å². The number of aromatic nitrogens is 1. The maximum absolute atomic E-state index is 11.3. The number of hydrogen-bond donors (Lipinski definition) is 3. The highest BCUT2D eigenvalue weighted by molar-refractivity contribution is 6.02. The zero-order valence-electron chi connectivity index (χ0n) is 18.8. The van der Waals surface area contributed by atoms with Gasteiger partial charge in [-0.25, -0.2) is 9.59 Å². The van der Waals surface area contributed by atoms with Gasteiger partial charge in [-0.3, -0.25) is 4.98 Å². The molecule has 0 spiro atoms. The second-order valence-electron chi connectivity index (χ2n) is 7.74. The first-order chi connectivity index (χ1) is 15.2. The van der Waals surface area contributed by atoms with E-state index in [9.17, 15) is 19.8 Å². The molecule has 32 heavy (non-hydrogen) atoms. The van der Waals surface area contributed by atoms with E-state index in [1.54, 1.807) is 12.4 Å². The van der Waals surface area contributed by atoms with E-state index in [4.69, 9.17) is 9.84 Å². The third kappa shape index (κ3) is 6.65. The quantitative estimate of drug-likeness (QED) is 0.415. The summed E-state index contributed by atoms with van der Waals surface area (Å²) in [6, 6.07) is 5.84. The van der Waals surface area contributed by atoms with Gasteiger partial charge in [0.2, 0.25) is 0 Å². The third-order valence-corrected chi connectivity index (χ3v) is 5.72. The molecular weight excluding hydrogens is 410 g/mol. The van der Waals surface area contributed by atoms with Gasteiger partial charge >= 0.3 is 11.9 Å². The van der Waals surface area contributed by atoms with E-state index in [0.717, 1.165) is 42.4 Å². The molecule has 0 amide bonds. The van der Waals surface area contributed by atoms with Crippen LogP contribution in [0.2, 0.25) is 0 Å². The summed E-state index contributed by atoms with van der Waals surface area (Å²) >= 11 is 0. The second-order valence-corrected chi connectivity index (χ2v) is 7.74. The molecule has 1 aromatic heterocycles. The average molecular weight is 442 g/mol. The zero-order valence-corrected chi connectivity index (χ0v) is 18.8. The van der Waals surface area contributed by atoms with E-state index in [0.29, 0.717) is 6.42 Å². The summed E-state index contributed by atoms with van der Waals surface area (Å²) in [4.78, 5) is 26.8. The van der Waals surface area contributed by atoms with Crippen molar-refractivity contribution in [2.24, 2.45) is 0 Å². The first-order valence-electron chi connectivity index (χ1n) is 10.8. The molecular formula is C25H31NO6. The molecule has 2 rings (SSSR count). The maximum Gasteiger partial charge on any atom is 0.336 e. The van der Waals surface area contributed by atoms with Crippen LogP contribution in [-0.4, -0.2) is 37.8 Å². The molecule has 0 aliphatic rings. The number of rotatable bonds is 12. The smallest absolute Gasteiger partial charge is 0.336 e. The number of ether oxygens (including phenoxy) is 1. The maximum atomic E-state index is 11.3. The molecule has 0 bridgehead atoms. The van der Waals surface area contributed by atoms with E-state index >= 15 is 0 Å². The normalized spacial score (nSPS) is 11.9. The van der Waals surface area contributed by atoms with Crippen LogP contribution in [0.25, 0.3) is 5.57 Å². The Bertz CT molecular complexity index is 978. The van der Waals surface area contributed by atoms with Crippen molar-refractivity contribution in [1.82, 2.24) is 4.98 Å². The van der Waals surface area contributed by atoms with Gasteiger partial charge in [-0.2, -0.15) is 0 Å². The van der Waals surface area contributed by atoms with Crippen molar-refractivity contribution < 1.29 is 29.6 Å². The topological polar surface area (TPSA) is 117 Å². The SMILES string of the molecule is CCC(=CCCC(O)(CC)CC)c1cncc(COc2ccc(C(=O)O)c(C(=O)O)c2)c1. The summed E-state index contributed by atoms with van der Waals surface area (Å²) < 4.78 is 5.69. The van der Waals surface area contributed by atoms with Crippen LogP contribution in [0.1, 0.15) is 84.7 Å². The number of nitrogens with zero attached hydrogens (tertiary/aromatic N) is 1. The molecule has 0 aliphatic heterocycles. The molecule has 0 unspecified atom stereocenters. The first-order valence-corrected chi connectivity index (χ1v) is 10.8. The fourth-order valence-corrected chi connectivity index (χ4v) is 3.47. The van der Waals surface area contributed by atoms with E-state index in [-0.39, 0.29) is 23.5 Å². The molecule has 0 radical (unpaired) electrons. The largest absolute Gasteiger partial charge is 0.489 e. The number of hydrogen-bond acceptors (Lipinski definition) is 5. The number of carboxylic acids is 2. The van der Waals surface area contributed by atoms with Gasteiger partial charge in [-0.05, 0) is 67.5 Å². The van der Waals surface area contributed by atoms with Crippen molar-refractivity contribution in [2.45, 2.75) is 65.1 Å². The van der Waals surface area contributed by atoms with Gasteiger partial charge in [-0.15, -0.1) is 0 Å². The molecule has 0 saturated heterocycles. The summed E-state index contributed by atoms with van der Waals surface area (Å²) in [5.41, 5.74) is 1.67. The third-order valence-electron chi connectivity index (χ3n) is 5.72. The highest BCUT2D eigenvalue weighted by Crippen LogP contribution is 2.25. The van der Waals surface area contributed by atoms with Crippen LogP contribution < -0.4 is 4.74 Å². The van der Waals surface area contributed by atoms with Crippen LogP contribution in [0.4, 0.5) is 0 Å². The summed E-state index contributed by atoms with van der Waals surface area (Å²) in [5.74, 6) is -2.36. The summed E-state index contributed by atoms with van der Waals surface area (Å²) in [7, 11) is 0. The number of allylic oxidation sites excluding steroid dienone is 2. The molecule has 0 aliphatic carbocycles. The van der Waals surface area contributed by atoms with Gasteiger partial charge in [0.15, 0.2) is 0 Å². The van der Waals surface area contributed by atoms with E-state index in [1.165, 1.54) is 18.2 Å². The van der Waals surface area contributed by atoms with Gasteiger partial charge < -0.3 is 20.1 Å². The Morgan fingerprint density at radius 1 is 1.03 bits per heavy atom. The van der Waals surface area contributed by atoms with Crippen molar-refractivity contribution in [3.05, 3.63) is 65.0 Å². The summed E-state index contributed by atoms with van der Waals surface area (Å²) in [5, 5.41) is 28.9. The Kier molecular flexibility index (Phi) is 8.96. The first kappa shape index (κ1) is 25.1. The lowest BCUT2D eigenvalue weighted by atomic mass is 9.91. The number of carboxylic acid groups (broad SMARTS) is 2. The van der Waals surface area contributed by atoms with Gasteiger partial charge in [0.05, 0.1) is 16.7 Å². The summed E-state index contributed by atoms with van der Waals surface area (Å²) in [6.07, 6.45) is 9.35. The molecule has 0 saturated carbocycles. The fraction of sp³-hybridized carbons (Fsp3) is 0.400. The van der Waals surface area contributed by atoms with Crippen molar-refractivity contribution in [2.75, 3.05) is 0 Å². The van der Waals surface area contributed by atoms with Crippen molar-refractivity contribution in [3.8, 4) is 5.75 Å². The van der Waals surface area contributed by atoms with Crippen LogP contribution in [-0.2, 0) is 6.61 Å². The minimum Gasteiger partial charge on any atom is -0.489 e.